The molecule has 1 aromatic carbocycles. The van der Waals surface area contributed by atoms with Crippen LogP contribution in [0.1, 0.15) is 24.0 Å². The van der Waals surface area contributed by atoms with Gasteiger partial charge in [-0.05, 0) is 50.6 Å². The lowest BCUT2D eigenvalue weighted by atomic mass is 10.1. The third-order valence-corrected chi connectivity index (χ3v) is 5.36. The lowest BCUT2D eigenvalue weighted by Crippen LogP contribution is -2.48. The average Bonchev–Trinajstić information content (AvgIpc) is 3.12. The summed E-state index contributed by atoms with van der Waals surface area (Å²) in [6.45, 7) is 3.63. The number of nitrogens with zero attached hydrogens (tertiary/aromatic N) is 4. The fraction of sp³-hybridized carbons (Fsp3) is 0.474. The first-order valence-electron chi connectivity index (χ1n) is 9.06. The number of aryl methyl sites for hydroxylation is 1. The van der Waals surface area contributed by atoms with Crippen molar-refractivity contribution in [3.63, 3.8) is 0 Å². The molecule has 3 rings (SSSR count). The van der Waals surface area contributed by atoms with Crippen molar-refractivity contribution in [1.82, 2.24) is 20.4 Å². The zero-order chi connectivity index (χ0) is 19.4. The van der Waals surface area contributed by atoms with Crippen LogP contribution < -0.4 is 10.2 Å². The summed E-state index contributed by atoms with van der Waals surface area (Å²) in [5.74, 6) is 0.479. The lowest BCUT2D eigenvalue weighted by Gasteiger charge is -2.31. The number of anilines is 1. The highest BCUT2D eigenvalue weighted by Crippen LogP contribution is 2.24. The van der Waals surface area contributed by atoms with Gasteiger partial charge < -0.3 is 10.0 Å². The lowest BCUT2D eigenvalue weighted by molar-refractivity contribution is -0.00981. The Kier molecular flexibility index (Phi) is 6.59. The van der Waals surface area contributed by atoms with Gasteiger partial charge in [-0.15, -0.1) is 5.10 Å². The van der Waals surface area contributed by atoms with E-state index in [0.717, 1.165) is 30.8 Å². The number of rotatable bonds is 7. The smallest absolute Gasteiger partial charge is 0.163 e. The maximum Gasteiger partial charge on any atom is 0.163 e. The van der Waals surface area contributed by atoms with Crippen LogP contribution in [0.25, 0.3) is 0 Å². The molecule has 2 aromatic rings. The van der Waals surface area contributed by atoms with E-state index in [4.69, 9.17) is 11.6 Å². The van der Waals surface area contributed by atoms with Crippen LogP contribution in [-0.4, -0.2) is 52.7 Å². The van der Waals surface area contributed by atoms with Crippen molar-refractivity contribution in [2.75, 3.05) is 25.0 Å². The molecule has 0 saturated carbocycles. The number of halogens is 2. The maximum absolute atomic E-state index is 14.0. The van der Waals surface area contributed by atoms with E-state index in [1.807, 2.05) is 31.0 Å². The van der Waals surface area contributed by atoms with E-state index in [0.29, 0.717) is 17.1 Å². The van der Waals surface area contributed by atoms with Crippen LogP contribution in [0.5, 0.6) is 0 Å². The van der Waals surface area contributed by atoms with Crippen molar-refractivity contribution in [1.29, 1.82) is 0 Å². The highest BCUT2D eigenvalue weighted by Gasteiger charge is 2.28. The number of likely N-dealkylation sites (N-methyl/N-ethyl adjacent to an activating group) is 1. The summed E-state index contributed by atoms with van der Waals surface area (Å²) >= 11 is 5.93. The van der Waals surface area contributed by atoms with Gasteiger partial charge in [-0.25, -0.2) is 4.39 Å². The predicted molar refractivity (Wildman–Crippen MR) is 104 cm³/mol. The predicted octanol–water partition coefficient (Wildman–Crippen LogP) is 2.54. The summed E-state index contributed by atoms with van der Waals surface area (Å²) in [6, 6.07) is 7.08. The van der Waals surface area contributed by atoms with Crippen molar-refractivity contribution in [2.45, 2.75) is 38.7 Å². The van der Waals surface area contributed by atoms with Crippen LogP contribution in [0.15, 0.2) is 30.5 Å². The van der Waals surface area contributed by atoms with Gasteiger partial charge >= 0.3 is 0 Å². The second-order valence-electron chi connectivity index (χ2n) is 6.96. The number of benzene rings is 1. The zero-order valence-electron chi connectivity index (χ0n) is 15.6. The number of hydrogen-bond acceptors (Lipinski definition) is 6. The molecule has 27 heavy (non-hydrogen) atoms. The second-order valence-corrected chi connectivity index (χ2v) is 7.37. The van der Waals surface area contributed by atoms with E-state index < -0.39 is 6.35 Å². The van der Waals surface area contributed by atoms with Gasteiger partial charge in [0.25, 0.3) is 0 Å². The minimum Gasteiger partial charge on any atom is -0.365 e. The first-order valence-corrected chi connectivity index (χ1v) is 9.44. The molecule has 2 N–H and O–H groups in total. The van der Waals surface area contributed by atoms with E-state index in [2.05, 4.69) is 20.4 Å². The Morgan fingerprint density at radius 1 is 1.48 bits per heavy atom. The monoisotopic (exact) mass is 393 g/mol. The van der Waals surface area contributed by atoms with E-state index in [1.54, 1.807) is 12.3 Å². The highest BCUT2D eigenvalue weighted by molar-refractivity contribution is 6.31. The Labute approximate surface area is 164 Å². The molecular formula is C19H25ClFN5O. The van der Waals surface area contributed by atoms with Crippen LogP contribution in [0.4, 0.5) is 10.2 Å². The van der Waals surface area contributed by atoms with Crippen LogP contribution in [0, 0.1) is 12.7 Å². The Balaban J connectivity index is 1.56. The summed E-state index contributed by atoms with van der Waals surface area (Å²) in [4.78, 5) is 4.04. The Bertz CT molecular complexity index is 763. The third kappa shape index (κ3) is 4.93. The van der Waals surface area contributed by atoms with Gasteiger partial charge in [-0.3, -0.25) is 10.2 Å². The molecule has 8 heteroatoms. The third-order valence-electron chi connectivity index (χ3n) is 4.95. The highest BCUT2D eigenvalue weighted by atomic mass is 35.5. The van der Waals surface area contributed by atoms with Crippen molar-refractivity contribution in [3.8, 4) is 0 Å². The molecule has 1 aromatic heterocycles. The van der Waals surface area contributed by atoms with Crippen molar-refractivity contribution in [2.24, 2.45) is 0 Å². The molecule has 6 nitrogen and oxygen atoms in total. The minimum absolute atomic E-state index is 0.216. The van der Waals surface area contributed by atoms with Crippen molar-refractivity contribution >= 4 is 17.4 Å². The molecule has 2 unspecified atom stereocenters. The van der Waals surface area contributed by atoms with E-state index in [-0.39, 0.29) is 18.4 Å². The number of hydrogen-bond donors (Lipinski definition) is 2. The topological polar surface area (TPSA) is 64.5 Å². The molecule has 0 aliphatic carbocycles. The first-order chi connectivity index (χ1) is 13.0. The molecule has 1 fully saturated rings. The fourth-order valence-electron chi connectivity index (χ4n) is 3.42. The molecule has 1 aliphatic rings. The molecule has 1 aliphatic heterocycles. The summed E-state index contributed by atoms with van der Waals surface area (Å²) in [6.07, 6.45) is 2.88. The first kappa shape index (κ1) is 19.9. The number of aliphatic hydroxyl groups is 1. The van der Waals surface area contributed by atoms with Gasteiger partial charge in [0.05, 0.1) is 0 Å². The zero-order valence-corrected chi connectivity index (χ0v) is 16.3. The fourth-order valence-corrected chi connectivity index (χ4v) is 3.57. The molecule has 146 valence electrons. The minimum atomic E-state index is -0.885. The van der Waals surface area contributed by atoms with E-state index in [9.17, 15) is 9.50 Å². The van der Waals surface area contributed by atoms with Gasteiger partial charge in [0, 0.05) is 42.5 Å². The van der Waals surface area contributed by atoms with Gasteiger partial charge in [-0.2, -0.15) is 5.10 Å². The quantitative estimate of drug-likeness (QED) is 0.705. The Hall–Kier alpha value is -1.80. The molecule has 0 bridgehead atoms. The van der Waals surface area contributed by atoms with Crippen LogP contribution >= 0.6 is 11.6 Å². The molecule has 0 amide bonds. The van der Waals surface area contributed by atoms with Crippen LogP contribution in [0.2, 0.25) is 5.02 Å². The summed E-state index contributed by atoms with van der Waals surface area (Å²) in [7, 11) is 1.84. The Morgan fingerprint density at radius 3 is 3.04 bits per heavy atom. The maximum atomic E-state index is 14.0. The average molecular weight is 394 g/mol. The van der Waals surface area contributed by atoms with Crippen molar-refractivity contribution < 1.29 is 9.50 Å². The van der Waals surface area contributed by atoms with Gasteiger partial charge in [0.2, 0.25) is 0 Å². The molecule has 2 heterocycles. The largest absolute Gasteiger partial charge is 0.365 e. The number of aliphatic hydroxyl groups excluding tert-OH is 1. The van der Waals surface area contributed by atoms with Crippen LogP contribution in [-0.2, 0) is 6.54 Å². The Morgan fingerprint density at radius 2 is 2.30 bits per heavy atom. The molecule has 0 spiro atoms. The molecule has 0 radical (unpaired) electrons. The number of aromatic nitrogens is 2. The molecule has 2 atom stereocenters. The standard InChI is InChI=1S/C19H25ClFN5O/c1-13-9-14(17(21)10-16(13)20)11-22-19(27)25(2)12-15-5-4-8-26(15)18-6-3-7-23-24-18/h3,6-7,9-10,15,19,22,27H,4-5,8,11-12H2,1-2H3. The second kappa shape index (κ2) is 8.93. The molecule has 1 saturated heterocycles. The van der Waals surface area contributed by atoms with Gasteiger partial charge in [0.1, 0.15) is 5.82 Å². The summed E-state index contributed by atoms with van der Waals surface area (Å²) in [5, 5.41) is 21.9. The van der Waals surface area contributed by atoms with Gasteiger partial charge in [-0.1, -0.05) is 17.7 Å². The van der Waals surface area contributed by atoms with Crippen LogP contribution in [0.3, 0.4) is 0 Å². The molecular weight excluding hydrogens is 369 g/mol. The number of nitrogens with one attached hydrogen (secondary N) is 1. The SMILES string of the molecule is Cc1cc(CNC(O)N(C)CC2CCCN2c2cccnn2)c(F)cc1Cl. The summed E-state index contributed by atoms with van der Waals surface area (Å²) in [5.41, 5.74) is 1.29. The summed E-state index contributed by atoms with van der Waals surface area (Å²) < 4.78 is 14.0. The van der Waals surface area contributed by atoms with Crippen molar-refractivity contribution in [3.05, 3.63) is 52.4 Å². The van der Waals surface area contributed by atoms with Gasteiger partial charge in [0.15, 0.2) is 12.2 Å². The van der Waals surface area contributed by atoms with E-state index >= 15 is 0 Å². The normalized spacial score (nSPS) is 18.3. The van der Waals surface area contributed by atoms with E-state index in [1.165, 1.54) is 6.07 Å².